The summed E-state index contributed by atoms with van der Waals surface area (Å²) < 4.78 is 0. The van der Waals surface area contributed by atoms with Gasteiger partial charge in [-0.3, -0.25) is 9.59 Å². The summed E-state index contributed by atoms with van der Waals surface area (Å²) in [6, 6.07) is 5.94. The summed E-state index contributed by atoms with van der Waals surface area (Å²) in [4.78, 5) is 26.8. The van der Waals surface area contributed by atoms with Gasteiger partial charge in [0.15, 0.2) is 0 Å². The zero-order chi connectivity index (χ0) is 23.1. The molecule has 0 bridgehead atoms. The lowest BCUT2D eigenvalue weighted by Crippen LogP contribution is -2.29. The number of nitrogens with one attached hydrogen (secondary N) is 3. The number of hydrogen-bond acceptors (Lipinski definition) is 9. The molecule has 0 aliphatic heterocycles. The molecule has 0 saturated heterocycles. The van der Waals surface area contributed by atoms with E-state index in [1.54, 1.807) is 12.1 Å². The number of hydrogen-bond donors (Lipinski definition) is 7. The van der Waals surface area contributed by atoms with Gasteiger partial charge in [-0.1, -0.05) is 6.42 Å². The predicted octanol–water partition coefficient (Wildman–Crippen LogP) is 1.37. The lowest BCUT2D eigenvalue weighted by atomic mass is 9.81. The standard InChI is InChI=1S/C23H31N5O4/c24-8-2-1-3-10-27-14-4-5-15(28-13-12-26-11-9-25)19-18(14)22(31)20-16(29)6-7-17(30)21(20)23(19)32/h4-7,26-30H,1-3,8-13,24-25H2. The van der Waals surface area contributed by atoms with Crippen molar-refractivity contribution in [3.63, 3.8) is 0 Å². The van der Waals surface area contributed by atoms with Crippen LogP contribution in [-0.4, -0.2) is 61.0 Å². The molecule has 0 spiro atoms. The lowest BCUT2D eigenvalue weighted by molar-refractivity contribution is 0.0975. The van der Waals surface area contributed by atoms with Gasteiger partial charge >= 0.3 is 0 Å². The maximum atomic E-state index is 13.4. The average Bonchev–Trinajstić information content (AvgIpc) is 2.78. The number of unbranched alkanes of at least 4 members (excludes halogenated alkanes) is 2. The van der Waals surface area contributed by atoms with Crippen LogP contribution in [0.3, 0.4) is 0 Å². The molecule has 0 fully saturated rings. The Morgan fingerprint density at radius 2 is 1.19 bits per heavy atom. The highest BCUT2D eigenvalue weighted by atomic mass is 16.3. The van der Waals surface area contributed by atoms with E-state index in [-0.39, 0.29) is 33.8 Å². The number of phenolic OH excluding ortho intramolecular Hbond substituents is 2. The summed E-state index contributed by atoms with van der Waals surface area (Å²) in [7, 11) is 0. The first-order valence-corrected chi connectivity index (χ1v) is 10.9. The number of nitrogens with two attached hydrogens (primary N) is 2. The highest BCUT2D eigenvalue weighted by Gasteiger charge is 2.37. The third-order valence-electron chi connectivity index (χ3n) is 5.41. The van der Waals surface area contributed by atoms with E-state index in [0.717, 1.165) is 19.3 Å². The van der Waals surface area contributed by atoms with Crippen LogP contribution in [0, 0.1) is 0 Å². The van der Waals surface area contributed by atoms with Gasteiger partial charge in [0, 0.05) is 44.1 Å². The van der Waals surface area contributed by atoms with Crippen molar-refractivity contribution in [3.05, 3.63) is 46.5 Å². The molecule has 2 aromatic rings. The minimum atomic E-state index is -0.507. The van der Waals surface area contributed by atoms with Gasteiger partial charge < -0.3 is 37.6 Å². The molecule has 9 N–H and O–H groups in total. The Bertz CT molecular complexity index is 915. The molecule has 0 radical (unpaired) electrons. The maximum Gasteiger partial charge on any atom is 0.200 e. The number of aromatic hydroxyl groups is 2. The van der Waals surface area contributed by atoms with Crippen molar-refractivity contribution < 1.29 is 19.8 Å². The highest BCUT2D eigenvalue weighted by Crippen LogP contribution is 2.42. The number of anilines is 2. The molecule has 172 valence electrons. The summed E-state index contributed by atoms with van der Waals surface area (Å²) in [5.74, 6) is -1.68. The van der Waals surface area contributed by atoms with Crippen LogP contribution in [0.2, 0.25) is 0 Å². The molecular formula is C23H31N5O4. The molecule has 9 nitrogen and oxygen atoms in total. The number of benzene rings is 2. The number of ketones is 2. The largest absolute Gasteiger partial charge is 0.507 e. The zero-order valence-corrected chi connectivity index (χ0v) is 18.0. The third-order valence-corrected chi connectivity index (χ3v) is 5.41. The fraction of sp³-hybridized carbons (Fsp3) is 0.391. The van der Waals surface area contributed by atoms with Gasteiger partial charge in [-0.2, -0.15) is 0 Å². The molecule has 0 unspecified atom stereocenters. The minimum Gasteiger partial charge on any atom is -0.507 e. The van der Waals surface area contributed by atoms with Crippen molar-refractivity contribution in [2.45, 2.75) is 19.3 Å². The second-order valence-electron chi connectivity index (χ2n) is 7.66. The number of fused-ring (bicyclic) bond motifs is 2. The van der Waals surface area contributed by atoms with Crippen molar-refractivity contribution in [1.29, 1.82) is 0 Å². The highest BCUT2D eigenvalue weighted by molar-refractivity contribution is 6.33. The topological polar surface area (TPSA) is 163 Å². The molecule has 0 heterocycles. The van der Waals surface area contributed by atoms with Crippen molar-refractivity contribution in [1.82, 2.24) is 5.32 Å². The second-order valence-corrected chi connectivity index (χ2v) is 7.66. The van der Waals surface area contributed by atoms with Gasteiger partial charge in [0.2, 0.25) is 11.6 Å². The molecule has 3 rings (SSSR count). The fourth-order valence-corrected chi connectivity index (χ4v) is 3.84. The summed E-state index contributed by atoms with van der Waals surface area (Å²) >= 11 is 0. The molecule has 0 amide bonds. The van der Waals surface area contributed by atoms with E-state index in [0.29, 0.717) is 50.6 Å². The van der Waals surface area contributed by atoms with E-state index in [9.17, 15) is 19.8 Å². The van der Waals surface area contributed by atoms with Crippen LogP contribution in [0.1, 0.15) is 51.1 Å². The van der Waals surface area contributed by atoms with Crippen LogP contribution in [0.25, 0.3) is 0 Å². The lowest BCUT2D eigenvalue weighted by Gasteiger charge is -2.25. The van der Waals surface area contributed by atoms with E-state index in [1.807, 2.05) is 0 Å². The summed E-state index contributed by atoms with van der Waals surface area (Å²) in [6.07, 6.45) is 2.73. The Balaban J connectivity index is 1.97. The Morgan fingerprint density at radius 1 is 0.625 bits per heavy atom. The first kappa shape index (κ1) is 23.5. The number of carbonyl (C=O) groups is 2. The fourth-order valence-electron chi connectivity index (χ4n) is 3.84. The number of carbonyl (C=O) groups excluding carboxylic acids is 2. The first-order chi connectivity index (χ1) is 15.5. The van der Waals surface area contributed by atoms with Gasteiger partial charge in [0.25, 0.3) is 0 Å². The Kier molecular flexibility index (Phi) is 8.04. The van der Waals surface area contributed by atoms with E-state index >= 15 is 0 Å². The van der Waals surface area contributed by atoms with Gasteiger partial charge in [-0.05, 0) is 43.7 Å². The molecule has 0 aromatic heterocycles. The van der Waals surface area contributed by atoms with Crippen LogP contribution in [0.4, 0.5) is 11.4 Å². The normalized spacial score (nSPS) is 12.4. The Morgan fingerprint density at radius 3 is 1.72 bits per heavy atom. The van der Waals surface area contributed by atoms with E-state index in [2.05, 4.69) is 16.0 Å². The third kappa shape index (κ3) is 4.85. The molecule has 0 saturated carbocycles. The van der Waals surface area contributed by atoms with Crippen LogP contribution < -0.4 is 27.4 Å². The van der Waals surface area contributed by atoms with Crippen molar-refractivity contribution in [2.24, 2.45) is 11.5 Å². The molecule has 1 aliphatic rings. The minimum absolute atomic E-state index is 0.171. The van der Waals surface area contributed by atoms with Crippen molar-refractivity contribution in [2.75, 3.05) is 49.9 Å². The van der Waals surface area contributed by atoms with Crippen LogP contribution in [0.15, 0.2) is 24.3 Å². The van der Waals surface area contributed by atoms with Gasteiger partial charge in [-0.15, -0.1) is 0 Å². The second kappa shape index (κ2) is 10.9. The van der Waals surface area contributed by atoms with Crippen LogP contribution in [0.5, 0.6) is 11.5 Å². The Hall–Kier alpha value is -3.14. The average molecular weight is 442 g/mol. The molecule has 32 heavy (non-hydrogen) atoms. The SMILES string of the molecule is NCCCCCNc1ccc(NCCNCCN)c2c1C(=O)c1c(O)ccc(O)c1C2=O. The molecular weight excluding hydrogens is 410 g/mol. The number of phenols is 2. The van der Waals surface area contributed by atoms with Crippen molar-refractivity contribution >= 4 is 22.9 Å². The van der Waals surface area contributed by atoms with E-state index < -0.39 is 11.6 Å². The van der Waals surface area contributed by atoms with E-state index in [4.69, 9.17) is 11.5 Å². The first-order valence-electron chi connectivity index (χ1n) is 10.9. The van der Waals surface area contributed by atoms with Gasteiger partial charge in [-0.25, -0.2) is 0 Å². The van der Waals surface area contributed by atoms with Gasteiger partial charge in [0.1, 0.15) is 11.5 Å². The molecule has 0 atom stereocenters. The monoisotopic (exact) mass is 441 g/mol. The molecule has 9 heteroatoms. The smallest absolute Gasteiger partial charge is 0.200 e. The van der Waals surface area contributed by atoms with Crippen LogP contribution in [-0.2, 0) is 0 Å². The molecule has 1 aliphatic carbocycles. The zero-order valence-electron chi connectivity index (χ0n) is 18.0. The van der Waals surface area contributed by atoms with E-state index in [1.165, 1.54) is 12.1 Å². The van der Waals surface area contributed by atoms with Gasteiger partial charge in [0.05, 0.1) is 22.3 Å². The Labute approximate surface area is 187 Å². The summed E-state index contributed by atoms with van der Waals surface area (Å²) in [5, 5.41) is 30.2. The molecule has 2 aromatic carbocycles. The summed E-state index contributed by atoms with van der Waals surface area (Å²) in [6.45, 7) is 3.57. The van der Waals surface area contributed by atoms with Crippen LogP contribution >= 0.6 is 0 Å². The summed E-state index contributed by atoms with van der Waals surface area (Å²) in [5.41, 5.74) is 12.1. The quantitative estimate of drug-likeness (QED) is 0.162. The number of rotatable bonds is 12. The predicted molar refractivity (Wildman–Crippen MR) is 125 cm³/mol. The maximum absolute atomic E-state index is 13.4. The van der Waals surface area contributed by atoms with Crippen molar-refractivity contribution in [3.8, 4) is 11.5 Å².